The maximum Gasteiger partial charge on any atom is 0.295 e. The number of carbonyl (C=O) groups is 2. The Morgan fingerprint density at radius 2 is 1.79 bits per heavy atom. The van der Waals surface area contributed by atoms with Gasteiger partial charge in [-0.15, -0.1) is 0 Å². The summed E-state index contributed by atoms with van der Waals surface area (Å²) in [6, 6.07) is 10.8. The summed E-state index contributed by atoms with van der Waals surface area (Å²) in [5.74, 6) is -0.972. The van der Waals surface area contributed by atoms with Crippen LogP contribution in [0.1, 0.15) is 17.2 Å². The molecule has 1 heterocycles. The Morgan fingerprint density at radius 1 is 1.10 bits per heavy atom. The fourth-order valence-electron chi connectivity index (χ4n) is 3.35. The number of ether oxygens (including phenoxy) is 2. The molecule has 0 aromatic heterocycles. The zero-order valence-electron chi connectivity index (χ0n) is 15.9. The lowest BCUT2D eigenvalue weighted by atomic mass is 9.94. The first-order valence-electron chi connectivity index (χ1n) is 8.80. The number of halogens is 1. The second-order valence-electron chi connectivity index (χ2n) is 6.33. The van der Waals surface area contributed by atoms with Gasteiger partial charge in [0.2, 0.25) is 0 Å². The number of methoxy groups -OCH3 is 2. The molecule has 1 unspecified atom stereocenters. The van der Waals surface area contributed by atoms with Crippen LogP contribution in [0.25, 0.3) is 5.76 Å². The molecule has 1 amide bonds. The molecule has 2 aromatic carbocycles. The molecule has 0 saturated carbocycles. The number of likely N-dealkylation sites (tertiary alicyclic amines) is 1. The highest BCUT2D eigenvalue weighted by Gasteiger charge is 2.46. The fraction of sp³-hybridized carbons (Fsp3) is 0.238. The first kappa shape index (κ1) is 20.9. The predicted octanol–water partition coefficient (Wildman–Crippen LogP) is 2.88. The molecule has 29 heavy (non-hydrogen) atoms. The third kappa shape index (κ3) is 3.86. The van der Waals surface area contributed by atoms with Gasteiger partial charge in [0, 0.05) is 28.2 Å². The molecule has 0 bridgehead atoms. The summed E-state index contributed by atoms with van der Waals surface area (Å²) < 4.78 is 11.5. The highest BCUT2D eigenvalue weighted by Crippen LogP contribution is 2.43. The smallest absolute Gasteiger partial charge is 0.295 e. The van der Waals surface area contributed by atoms with E-state index in [1.165, 1.54) is 19.1 Å². The van der Waals surface area contributed by atoms with E-state index >= 15 is 0 Å². The number of carbonyl (C=O) groups excluding carboxylic acids is 2. The third-order valence-corrected chi connectivity index (χ3v) is 5.26. The van der Waals surface area contributed by atoms with Gasteiger partial charge in [0.15, 0.2) is 0 Å². The van der Waals surface area contributed by atoms with Crippen molar-refractivity contribution >= 4 is 33.4 Å². The number of hydrogen-bond acceptors (Lipinski definition) is 6. The number of β-amino-alcohol motifs (C(OH)–C–C–N with tert-alkyl or cyclic N) is 1. The van der Waals surface area contributed by atoms with Gasteiger partial charge in [-0.1, -0.05) is 28.1 Å². The molecule has 1 atom stereocenters. The number of Topliss-reactive ketones (excluding diaryl/α,β-unsaturated/α-hetero) is 1. The van der Waals surface area contributed by atoms with Crippen molar-refractivity contribution < 1.29 is 29.3 Å². The quantitative estimate of drug-likeness (QED) is 0.390. The van der Waals surface area contributed by atoms with Crippen LogP contribution in [0.5, 0.6) is 11.5 Å². The van der Waals surface area contributed by atoms with E-state index in [1.807, 2.05) is 0 Å². The molecule has 1 aliphatic heterocycles. The summed E-state index contributed by atoms with van der Waals surface area (Å²) in [5.41, 5.74) is 0.835. The highest BCUT2D eigenvalue weighted by molar-refractivity contribution is 9.10. The first-order chi connectivity index (χ1) is 13.9. The van der Waals surface area contributed by atoms with E-state index < -0.39 is 17.7 Å². The minimum Gasteiger partial charge on any atom is -0.507 e. The van der Waals surface area contributed by atoms with Crippen LogP contribution in [0.4, 0.5) is 0 Å². The molecule has 152 valence electrons. The van der Waals surface area contributed by atoms with Crippen molar-refractivity contribution in [1.82, 2.24) is 4.90 Å². The van der Waals surface area contributed by atoms with Crippen LogP contribution in [0, 0.1) is 0 Å². The number of nitrogens with zero attached hydrogens (tertiary/aromatic N) is 1. The topological polar surface area (TPSA) is 96.3 Å². The van der Waals surface area contributed by atoms with Gasteiger partial charge in [-0.05, 0) is 24.3 Å². The van der Waals surface area contributed by atoms with Crippen molar-refractivity contribution in [3.63, 3.8) is 0 Å². The summed E-state index contributed by atoms with van der Waals surface area (Å²) in [5, 5.41) is 20.4. The van der Waals surface area contributed by atoms with Crippen molar-refractivity contribution in [2.45, 2.75) is 6.04 Å². The minimum absolute atomic E-state index is 0.0609. The van der Waals surface area contributed by atoms with E-state index in [4.69, 9.17) is 9.47 Å². The van der Waals surface area contributed by atoms with Gasteiger partial charge in [0.1, 0.15) is 17.3 Å². The molecular formula is C21H20BrNO6. The lowest BCUT2D eigenvalue weighted by Crippen LogP contribution is -2.32. The van der Waals surface area contributed by atoms with Crippen LogP contribution >= 0.6 is 15.9 Å². The number of benzene rings is 2. The molecule has 3 rings (SSSR count). The van der Waals surface area contributed by atoms with Crippen molar-refractivity contribution in [2.24, 2.45) is 0 Å². The Morgan fingerprint density at radius 3 is 2.38 bits per heavy atom. The second kappa shape index (κ2) is 8.67. The third-order valence-electron chi connectivity index (χ3n) is 4.73. The van der Waals surface area contributed by atoms with E-state index in [1.54, 1.807) is 42.5 Å². The van der Waals surface area contributed by atoms with Gasteiger partial charge in [-0.3, -0.25) is 9.59 Å². The maximum atomic E-state index is 12.8. The minimum atomic E-state index is -0.911. The highest BCUT2D eigenvalue weighted by atomic mass is 79.9. The summed E-state index contributed by atoms with van der Waals surface area (Å²) in [7, 11) is 2.98. The van der Waals surface area contributed by atoms with Crippen molar-refractivity contribution in [3.05, 3.63) is 63.6 Å². The van der Waals surface area contributed by atoms with Crippen LogP contribution < -0.4 is 9.47 Å². The van der Waals surface area contributed by atoms with Crippen LogP contribution in [-0.2, 0) is 9.59 Å². The molecular weight excluding hydrogens is 442 g/mol. The predicted molar refractivity (Wildman–Crippen MR) is 110 cm³/mol. The lowest BCUT2D eigenvalue weighted by molar-refractivity contribution is -0.140. The molecule has 2 aromatic rings. The van der Waals surface area contributed by atoms with E-state index in [2.05, 4.69) is 15.9 Å². The fourth-order valence-corrected chi connectivity index (χ4v) is 3.61. The average Bonchev–Trinajstić information content (AvgIpc) is 2.98. The normalized spacial score (nSPS) is 18.2. The van der Waals surface area contributed by atoms with Gasteiger partial charge >= 0.3 is 0 Å². The Bertz CT molecular complexity index is 970. The summed E-state index contributed by atoms with van der Waals surface area (Å²) >= 11 is 3.33. The van der Waals surface area contributed by atoms with E-state index in [0.29, 0.717) is 22.6 Å². The molecule has 1 aliphatic rings. The average molecular weight is 462 g/mol. The number of hydrogen-bond donors (Lipinski definition) is 2. The standard InChI is InChI=1S/C21H20BrNO6/c1-28-14-7-8-15(16(11-14)29-2)18-17(20(26)21(27)23(18)9-10-24)19(25)12-3-5-13(22)6-4-12/h3-8,11,18,24-25H,9-10H2,1-2H3/b19-17-. The van der Waals surface area contributed by atoms with E-state index in [0.717, 1.165) is 4.47 Å². The first-order valence-corrected chi connectivity index (χ1v) is 9.59. The molecule has 7 nitrogen and oxygen atoms in total. The summed E-state index contributed by atoms with van der Waals surface area (Å²) in [6.07, 6.45) is 0. The number of aliphatic hydroxyl groups excluding tert-OH is 2. The zero-order valence-corrected chi connectivity index (χ0v) is 17.5. The molecule has 2 N–H and O–H groups in total. The maximum absolute atomic E-state index is 12.8. The summed E-state index contributed by atoms with van der Waals surface area (Å²) in [6.45, 7) is -0.401. The Hall–Kier alpha value is -2.84. The van der Waals surface area contributed by atoms with Crippen molar-refractivity contribution in [2.75, 3.05) is 27.4 Å². The molecule has 0 spiro atoms. The zero-order chi connectivity index (χ0) is 21.1. The molecule has 0 aliphatic carbocycles. The SMILES string of the molecule is COc1ccc(C2/C(=C(/O)c3ccc(Br)cc3)C(=O)C(=O)N2CCO)c(OC)c1. The second-order valence-corrected chi connectivity index (χ2v) is 7.25. The van der Waals surface area contributed by atoms with Gasteiger partial charge in [0.25, 0.3) is 11.7 Å². The van der Waals surface area contributed by atoms with E-state index in [-0.39, 0.29) is 24.5 Å². The van der Waals surface area contributed by atoms with Crippen LogP contribution in [0.15, 0.2) is 52.5 Å². The number of rotatable bonds is 6. The Balaban J connectivity index is 2.23. The van der Waals surface area contributed by atoms with Crippen molar-refractivity contribution in [3.8, 4) is 11.5 Å². The summed E-state index contributed by atoms with van der Waals surface area (Å²) in [4.78, 5) is 26.7. The lowest BCUT2D eigenvalue weighted by Gasteiger charge is -2.26. The number of ketones is 1. The largest absolute Gasteiger partial charge is 0.507 e. The van der Waals surface area contributed by atoms with Gasteiger partial charge in [-0.25, -0.2) is 0 Å². The number of amides is 1. The Labute approximate surface area is 176 Å². The van der Waals surface area contributed by atoms with Gasteiger partial charge in [-0.2, -0.15) is 0 Å². The van der Waals surface area contributed by atoms with Crippen LogP contribution in [-0.4, -0.2) is 54.2 Å². The molecule has 1 saturated heterocycles. The molecule has 1 fully saturated rings. The Kier molecular flexibility index (Phi) is 6.24. The van der Waals surface area contributed by atoms with Crippen molar-refractivity contribution in [1.29, 1.82) is 0 Å². The monoisotopic (exact) mass is 461 g/mol. The van der Waals surface area contributed by atoms with E-state index in [9.17, 15) is 19.8 Å². The molecule has 0 radical (unpaired) electrons. The number of aliphatic hydroxyl groups is 2. The van der Waals surface area contributed by atoms with Crippen LogP contribution in [0.2, 0.25) is 0 Å². The molecule has 8 heteroatoms. The van der Waals surface area contributed by atoms with Crippen LogP contribution in [0.3, 0.4) is 0 Å². The van der Waals surface area contributed by atoms with Gasteiger partial charge in [0.05, 0.1) is 32.4 Å². The van der Waals surface area contributed by atoms with Gasteiger partial charge < -0.3 is 24.6 Å².